The second-order valence-corrected chi connectivity index (χ2v) is 4.16. The smallest absolute Gasteiger partial charge is 0.255 e. The highest BCUT2D eigenvalue weighted by molar-refractivity contribution is 5.83. The van der Waals surface area contributed by atoms with Crippen LogP contribution in [0.25, 0.3) is 16.6 Å². The third-order valence-corrected chi connectivity index (χ3v) is 2.93. The van der Waals surface area contributed by atoms with Gasteiger partial charge in [-0.2, -0.15) is 0 Å². The van der Waals surface area contributed by atoms with Gasteiger partial charge in [0.1, 0.15) is 0 Å². The zero-order valence-corrected chi connectivity index (χ0v) is 9.71. The quantitative estimate of drug-likeness (QED) is 0.660. The molecule has 0 aliphatic carbocycles. The van der Waals surface area contributed by atoms with E-state index in [-0.39, 0.29) is 5.56 Å². The molecule has 1 aromatic heterocycles. The molecule has 0 saturated heterocycles. The third kappa shape index (κ3) is 1.66. The van der Waals surface area contributed by atoms with Crippen LogP contribution in [0.1, 0.15) is 0 Å². The van der Waals surface area contributed by atoms with Crippen LogP contribution in [0, 0.1) is 0 Å². The van der Waals surface area contributed by atoms with Gasteiger partial charge in [0.15, 0.2) is 0 Å². The minimum absolute atomic E-state index is 0.0431. The lowest BCUT2D eigenvalue weighted by molar-refractivity contribution is 1.04. The molecule has 0 unspecified atom stereocenters. The molecular weight excluding hydrogens is 224 g/mol. The highest BCUT2D eigenvalue weighted by Crippen LogP contribution is 2.18. The van der Waals surface area contributed by atoms with E-state index in [4.69, 9.17) is 5.73 Å². The van der Waals surface area contributed by atoms with Crippen molar-refractivity contribution in [3.05, 3.63) is 71.0 Å². The maximum absolute atomic E-state index is 12.1. The molecule has 0 saturated carbocycles. The molecule has 3 nitrogen and oxygen atoms in total. The van der Waals surface area contributed by atoms with Gasteiger partial charge < -0.3 is 5.73 Å². The molecule has 0 spiro atoms. The summed E-state index contributed by atoms with van der Waals surface area (Å²) in [6, 6.07) is 18.5. The zero-order valence-electron chi connectivity index (χ0n) is 9.71. The Balaban J connectivity index is 2.41. The van der Waals surface area contributed by atoms with E-state index in [0.717, 1.165) is 16.6 Å². The molecular formula is C15H12N2O. The summed E-state index contributed by atoms with van der Waals surface area (Å²) in [5.41, 5.74) is 8.14. The molecule has 0 aliphatic rings. The summed E-state index contributed by atoms with van der Waals surface area (Å²) in [7, 11) is 0. The lowest BCUT2D eigenvalue weighted by Crippen LogP contribution is -2.17. The summed E-state index contributed by atoms with van der Waals surface area (Å²) >= 11 is 0. The van der Waals surface area contributed by atoms with E-state index in [1.54, 1.807) is 22.8 Å². The number of para-hydroxylation sites is 1. The summed E-state index contributed by atoms with van der Waals surface area (Å²) in [6.45, 7) is 0. The van der Waals surface area contributed by atoms with Gasteiger partial charge in [-0.05, 0) is 36.4 Å². The highest BCUT2D eigenvalue weighted by atomic mass is 16.1. The average molecular weight is 236 g/mol. The predicted molar refractivity (Wildman–Crippen MR) is 74.0 cm³/mol. The van der Waals surface area contributed by atoms with Gasteiger partial charge in [0.25, 0.3) is 5.56 Å². The Morgan fingerprint density at radius 2 is 1.67 bits per heavy atom. The minimum Gasteiger partial charge on any atom is -0.399 e. The maximum atomic E-state index is 12.1. The number of nitrogens with two attached hydrogens (primary N) is 1. The van der Waals surface area contributed by atoms with Gasteiger partial charge >= 0.3 is 0 Å². The van der Waals surface area contributed by atoms with E-state index in [2.05, 4.69) is 0 Å². The monoisotopic (exact) mass is 236 g/mol. The molecule has 0 amide bonds. The van der Waals surface area contributed by atoms with Gasteiger partial charge in [-0.3, -0.25) is 9.36 Å². The van der Waals surface area contributed by atoms with Gasteiger partial charge in [-0.15, -0.1) is 0 Å². The number of pyridine rings is 1. The van der Waals surface area contributed by atoms with Crippen molar-refractivity contribution in [1.29, 1.82) is 0 Å². The molecule has 0 radical (unpaired) electrons. The van der Waals surface area contributed by atoms with Crippen molar-refractivity contribution in [1.82, 2.24) is 4.57 Å². The Kier molecular flexibility index (Phi) is 2.38. The summed E-state index contributed by atoms with van der Waals surface area (Å²) in [4.78, 5) is 12.1. The first-order valence-electron chi connectivity index (χ1n) is 5.72. The Labute approximate surface area is 104 Å². The minimum atomic E-state index is -0.0431. The first-order chi connectivity index (χ1) is 8.75. The lowest BCUT2D eigenvalue weighted by atomic mass is 10.2. The molecule has 0 fully saturated rings. The SMILES string of the molecule is Nc1ccc2c(ccc(=O)n2-c2ccccc2)c1. The molecule has 1 heterocycles. The second-order valence-electron chi connectivity index (χ2n) is 4.16. The predicted octanol–water partition coefficient (Wildman–Crippen LogP) is 2.57. The van der Waals surface area contributed by atoms with Crippen molar-refractivity contribution >= 4 is 16.6 Å². The standard InChI is InChI=1S/C15H12N2O/c16-12-7-8-14-11(10-12)6-9-15(18)17(14)13-4-2-1-3-5-13/h1-10H,16H2. The van der Waals surface area contributed by atoms with Crippen LogP contribution < -0.4 is 11.3 Å². The fourth-order valence-corrected chi connectivity index (χ4v) is 2.11. The average Bonchev–Trinajstić information content (AvgIpc) is 2.40. The Hall–Kier alpha value is -2.55. The number of nitrogen functional groups attached to an aromatic ring is 1. The number of hydrogen-bond acceptors (Lipinski definition) is 2. The van der Waals surface area contributed by atoms with Crippen molar-refractivity contribution in [2.45, 2.75) is 0 Å². The first kappa shape index (κ1) is 10.6. The van der Waals surface area contributed by atoms with Crippen LogP contribution in [0.15, 0.2) is 65.5 Å². The molecule has 0 bridgehead atoms. The molecule has 3 aromatic rings. The van der Waals surface area contributed by atoms with Crippen molar-refractivity contribution in [2.24, 2.45) is 0 Å². The molecule has 0 aliphatic heterocycles. The molecule has 0 atom stereocenters. The van der Waals surface area contributed by atoms with Crippen LogP contribution in [-0.2, 0) is 0 Å². The van der Waals surface area contributed by atoms with E-state index >= 15 is 0 Å². The van der Waals surface area contributed by atoms with Crippen LogP contribution in [0.2, 0.25) is 0 Å². The van der Waals surface area contributed by atoms with E-state index in [1.165, 1.54) is 0 Å². The van der Waals surface area contributed by atoms with Gasteiger partial charge in [0, 0.05) is 22.8 Å². The van der Waals surface area contributed by atoms with Gasteiger partial charge in [0.05, 0.1) is 5.52 Å². The number of anilines is 1. The van der Waals surface area contributed by atoms with Gasteiger partial charge in [-0.1, -0.05) is 18.2 Å². The number of aromatic nitrogens is 1. The Morgan fingerprint density at radius 1 is 0.889 bits per heavy atom. The Bertz CT molecular complexity index is 760. The molecule has 3 rings (SSSR count). The van der Waals surface area contributed by atoms with Crippen molar-refractivity contribution in [2.75, 3.05) is 5.73 Å². The number of nitrogens with zero attached hydrogens (tertiary/aromatic N) is 1. The summed E-state index contributed by atoms with van der Waals surface area (Å²) in [5, 5.41) is 0.957. The number of rotatable bonds is 1. The summed E-state index contributed by atoms with van der Waals surface area (Å²) in [5.74, 6) is 0. The number of hydrogen-bond donors (Lipinski definition) is 1. The van der Waals surface area contributed by atoms with Crippen molar-refractivity contribution in [3.63, 3.8) is 0 Å². The number of benzene rings is 2. The second kappa shape index (κ2) is 4.04. The molecule has 3 heteroatoms. The van der Waals surface area contributed by atoms with Gasteiger partial charge in [-0.25, -0.2) is 0 Å². The normalized spacial score (nSPS) is 10.7. The van der Waals surface area contributed by atoms with Crippen LogP contribution in [0.4, 0.5) is 5.69 Å². The summed E-state index contributed by atoms with van der Waals surface area (Å²) in [6.07, 6.45) is 0. The van der Waals surface area contributed by atoms with Crippen molar-refractivity contribution < 1.29 is 0 Å². The third-order valence-electron chi connectivity index (χ3n) is 2.93. The molecule has 2 N–H and O–H groups in total. The molecule has 18 heavy (non-hydrogen) atoms. The van der Waals surface area contributed by atoms with E-state index in [1.807, 2.05) is 42.5 Å². The number of fused-ring (bicyclic) bond motifs is 1. The van der Waals surface area contributed by atoms with Crippen LogP contribution >= 0.6 is 0 Å². The van der Waals surface area contributed by atoms with Crippen LogP contribution in [-0.4, -0.2) is 4.57 Å². The van der Waals surface area contributed by atoms with E-state index < -0.39 is 0 Å². The largest absolute Gasteiger partial charge is 0.399 e. The Morgan fingerprint density at radius 3 is 2.44 bits per heavy atom. The summed E-state index contributed by atoms with van der Waals surface area (Å²) < 4.78 is 1.69. The van der Waals surface area contributed by atoms with E-state index in [9.17, 15) is 4.79 Å². The topological polar surface area (TPSA) is 48.0 Å². The van der Waals surface area contributed by atoms with Gasteiger partial charge in [0.2, 0.25) is 0 Å². The zero-order chi connectivity index (χ0) is 12.5. The highest BCUT2D eigenvalue weighted by Gasteiger charge is 2.04. The van der Waals surface area contributed by atoms with E-state index in [0.29, 0.717) is 5.69 Å². The fourth-order valence-electron chi connectivity index (χ4n) is 2.11. The fraction of sp³-hybridized carbons (Fsp3) is 0. The molecule has 88 valence electrons. The van der Waals surface area contributed by atoms with Crippen LogP contribution in [0.5, 0.6) is 0 Å². The van der Waals surface area contributed by atoms with Crippen molar-refractivity contribution in [3.8, 4) is 5.69 Å². The lowest BCUT2D eigenvalue weighted by Gasteiger charge is -2.10. The van der Waals surface area contributed by atoms with Crippen LogP contribution in [0.3, 0.4) is 0 Å². The first-order valence-corrected chi connectivity index (χ1v) is 5.72. The molecule has 2 aromatic carbocycles. The maximum Gasteiger partial charge on any atom is 0.255 e.